The highest BCUT2D eigenvalue weighted by atomic mass is 32.2. The van der Waals surface area contributed by atoms with Crippen molar-refractivity contribution in [2.24, 2.45) is 5.14 Å². The van der Waals surface area contributed by atoms with E-state index in [0.29, 0.717) is 29.2 Å². The summed E-state index contributed by atoms with van der Waals surface area (Å²) in [5, 5.41) is 8.29. The molecule has 2 aromatic rings. The van der Waals surface area contributed by atoms with Crippen LogP contribution in [-0.2, 0) is 15.8 Å². The standard InChI is InChI=1S/C19H27N7O2S/c20-29(27,28)13-15-5-3-6-16(11-15)23-18-21-14-22-19(24-18)26-10-4-7-17(26)12-25-8-1-2-9-25/h3,5-6,11,14,17H,1-2,4,7-10,12-13H2,(H2,20,27,28)(H,21,22,23,24)/t17-/m0/s1. The second-order valence-electron chi connectivity index (χ2n) is 7.74. The number of nitrogens with zero attached hydrogens (tertiary/aromatic N) is 5. The summed E-state index contributed by atoms with van der Waals surface area (Å²) in [5.41, 5.74) is 1.32. The second-order valence-corrected chi connectivity index (χ2v) is 9.35. The molecule has 10 heteroatoms. The average molecular weight is 418 g/mol. The maximum Gasteiger partial charge on any atom is 0.231 e. The highest BCUT2D eigenvalue weighted by Crippen LogP contribution is 2.25. The van der Waals surface area contributed by atoms with Crippen LogP contribution in [0.4, 0.5) is 17.6 Å². The van der Waals surface area contributed by atoms with Crippen LogP contribution in [0, 0.1) is 0 Å². The van der Waals surface area contributed by atoms with Crippen molar-refractivity contribution in [3.05, 3.63) is 36.2 Å². The van der Waals surface area contributed by atoms with Gasteiger partial charge in [-0.1, -0.05) is 12.1 Å². The van der Waals surface area contributed by atoms with Crippen molar-refractivity contribution in [2.75, 3.05) is 36.4 Å². The summed E-state index contributed by atoms with van der Waals surface area (Å²) in [6.45, 7) is 4.38. The zero-order valence-corrected chi connectivity index (χ0v) is 17.2. The molecular formula is C19H27N7O2S. The fourth-order valence-electron chi connectivity index (χ4n) is 4.14. The van der Waals surface area contributed by atoms with Crippen molar-refractivity contribution in [1.29, 1.82) is 0 Å². The first-order valence-corrected chi connectivity index (χ1v) is 11.7. The van der Waals surface area contributed by atoms with Gasteiger partial charge in [-0.05, 0) is 56.5 Å². The number of aromatic nitrogens is 3. The summed E-state index contributed by atoms with van der Waals surface area (Å²) in [7, 11) is -3.58. The number of benzene rings is 1. The normalized spacial score (nSPS) is 20.3. The van der Waals surface area contributed by atoms with E-state index in [9.17, 15) is 8.42 Å². The minimum Gasteiger partial charge on any atom is -0.336 e. The average Bonchev–Trinajstić information content (AvgIpc) is 3.33. The molecule has 0 amide bonds. The third-order valence-electron chi connectivity index (χ3n) is 5.41. The number of sulfonamides is 1. The largest absolute Gasteiger partial charge is 0.336 e. The van der Waals surface area contributed by atoms with Crippen LogP contribution in [0.2, 0.25) is 0 Å². The lowest BCUT2D eigenvalue weighted by Crippen LogP contribution is -2.40. The lowest BCUT2D eigenvalue weighted by atomic mass is 10.2. The van der Waals surface area contributed by atoms with E-state index in [2.05, 4.69) is 30.1 Å². The molecule has 3 N–H and O–H groups in total. The van der Waals surface area contributed by atoms with Gasteiger partial charge in [-0.3, -0.25) is 0 Å². The van der Waals surface area contributed by atoms with Crippen molar-refractivity contribution in [1.82, 2.24) is 19.9 Å². The summed E-state index contributed by atoms with van der Waals surface area (Å²) in [6.07, 6.45) is 6.39. The van der Waals surface area contributed by atoms with Gasteiger partial charge in [-0.2, -0.15) is 4.98 Å². The Morgan fingerprint density at radius 2 is 1.97 bits per heavy atom. The lowest BCUT2D eigenvalue weighted by molar-refractivity contribution is 0.313. The summed E-state index contributed by atoms with van der Waals surface area (Å²) in [5.74, 6) is 0.913. The van der Waals surface area contributed by atoms with Gasteiger partial charge in [0.15, 0.2) is 0 Å². The lowest BCUT2D eigenvalue weighted by Gasteiger charge is -2.28. The molecule has 1 aromatic carbocycles. The molecule has 0 saturated carbocycles. The molecule has 29 heavy (non-hydrogen) atoms. The van der Waals surface area contributed by atoms with E-state index in [4.69, 9.17) is 5.14 Å². The number of nitrogens with two attached hydrogens (primary N) is 1. The molecule has 3 heterocycles. The van der Waals surface area contributed by atoms with Crippen LogP contribution >= 0.6 is 0 Å². The molecule has 1 atom stereocenters. The predicted octanol–water partition coefficient (Wildman–Crippen LogP) is 1.47. The van der Waals surface area contributed by atoms with Crippen LogP contribution in [0.15, 0.2) is 30.6 Å². The molecule has 2 aliphatic rings. The Morgan fingerprint density at radius 1 is 1.14 bits per heavy atom. The summed E-state index contributed by atoms with van der Waals surface area (Å²) in [6, 6.07) is 7.50. The molecule has 4 rings (SSSR count). The van der Waals surface area contributed by atoms with Gasteiger partial charge in [-0.15, -0.1) is 0 Å². The van der Waals surface area contributed by atoms with Crippen molar-refractivity contribution >= 4 is 27.6 Å². The van der Waals surface area contributed by atoms with Gasteiger partial charge < -0.3 is 15.1 Å². The SMILES string of the molecule is NS(=O)(=O)Cc1cccc(Nc2ncnc(N3CCC[C@H]3CN3CCCC3)n2)c1. The Balaban J connectivity index is 1.46. The molecule has 1 aromatic heterocycles. The van der Waals surface area contributed by atoms with Gasteiger partial charge in [0.25, 0.3) is 0 Å². The van der Waals surface area contributed by atoms with Gasteiger partial charge in [0.1, 0.15) is 6.33 Å². The smallest absolute Gasteiger partial charge is 0.231 e. The quantitative estimate of drug-likeness (QED) is 0.695. The van der Waals surface area contributed by atoms with Crippen molar-refractivity contribution < 1.29 is 8.42 Å². The van der Waals surface area contributed by atoms with E-state index in [1.165, 1.54) is 32.3 Å². The van der Waals surface area contributed by atoms with Gasteiger partial charge in [0.05, 0.1) is 5.75 Å². The van der Waals surface area contributed by atoms with Crippen molar-refractivity contribution in [3.8, 4) is 0 Å². The summed E-state index contributed by atoms with van der Waals surface area (Å²) in [4.78, 5) is 18.0. The molecule has 0 bridgehead atoms. The van der Waals surface area contributed by atoms with E-state index >= 15 is 0 Å². The zero-order valence-electron chi connectivity index (χ0n) is 16.4. The molecule has 0 spiro atoms. The number of likely N-dealkylation sites (tertiary alicyclic amines) is 1. The fourth-order valence-corrected chi connectivity index (χ4v) is 4.78. The van der Waals surface area contributed by atoms with E-state index < -0.39 is 10.0 Å². The van der Waals surface area contributed by atoms with E-state index in [-0.39, 0.29) is 5.75 Å². The molecule has 2 fully saturated rings. The molecule has 156 valence electrons. The van der Waals surface area contributed by atoms with Gasteiger partial charge in [0, 0.05) is 24.8 Å². The van der Waals surface area contributed by atoms with E-state index in [0.717, 1.165) is 25.9 Å². The Hall–Kier alpha value is -2.30. The number of rotatable bonds is 7. The molecule has 2 aliphatic heterocycles. The Kier molecular flexibility index (Phi) is 5.93. The number of primary sulfonamides is 1. The molecule has 9 nitrogen and oxygen atoms in total. The molecular weight excluding hydrogens is 390 g/mol. The zero-order chi connectivity index (χ0) is 20.3. The number of anilines is 3. The number of hydrogen-bond donors (Lipinski definition) is 2. The highest BCUT2D eigenvalue weighted by Gasteiger charge is 2.29. The molecule has 0 aliphatic carbocycles. The summed E-state index contributed by atoms with van der Waals surface area (Å²) >= 11 is 0. The fraction of sp³-hybridized carbons (Fsp3) is 0.526. The van der Waals surface area contributed by atoms with Crippen LogP contribution in [-0.4, -0.2) is 60.5 Å². The highest BCUT2D eigenvalue weighted by molar-refractivity contribution is 7.88. The van der Waals surface area contributed by atoms with Crippen LogP contribution in [0.3, 0.4) is 0 Å². The third-order valence-corrected chi connectivity index (χ3v) is 6.15. The maximum atomic E-state index is 11.3. The van der Waals surface area contributed by atoms with Crippen LogP contribution in [0.5, 0.6) is 0 Å². The minimum absolute atomic E-state index is 0.211. The molecule has 2 saturated heterocycles. The van der Waals surface area contributed by atoms with Gasteiger partial charge in [-0.25, -0.2) is 23.5 Å². The van der Waals surface area contributed by atoms with Crippen LogP contribution in [0.25, 0.3) is 0 Å². The number of nitrogens with one attached hydrogen (secondary N) is 1. The topological polar surface area (TPSA) is 117 Å². The monoisotopic (exact) mass is 417 g/mol. The number of hydrogen-bond acceptors (Lipinski definition) is 8. The predicted molar refractivity (Wildman–Crippen MR) is 112 cm³/mol. The first-order valence-electron chi connectivity index (χ1n) is 10.0. The maximum absolute atomic E-state index is 11.3. The molecule has 0 unspecified atom stereocenters. The van der Waals surface area contributed by atoms with E-state index in [1.807, 2.05) is 6.07 Å². The summed E-state index contributed by atoms with van der Waals surface area (Å²) < 4.78 is 22.7. The second kappa shape index (κ2) is 8.60. The van der Waals surface area contributed by atoms with E-state index in [1.54, 1.807) is 18.2 Å². The van der Waals surface area contributed by atoms with Crippen molar-refractivity contribution in [2.45, 2.75) is 37.5 Å². The Morgan fingerprint density at radius 3 is 2.76 bits per heavy atom. The van der Waals surface area contributed by atoms with Crippen LogP contribution in [0.1, 0.15) is 31.2 Å². The first-order chi connectivity index (χ1) is 14.0. The van der Waals surface area contributed by atoms with Gasteiger partial charge in [0.2, 0.25) is 21.9 Å². The Bertz CT molecular complexity index is 947. The van der Waals surface area contributed by atoms with Gasteiger partial charge >= 0.3 is 0 Å². The van der Waals surface area contributed by atoms with Crippen molar-refractivity contribution in [3.63, 3.8) is 0 Å². The first kappa shape index (κ1) is 20.0. The third kappa shape index (κ3) is 5.40. The molecule has 0 radical (unpaired) electrons. The minimum atomic E-state index is -3.58. The van der Waals surface area contributed by atoms with Crippen LogP contribution < -0.4 is 15.4 Å². The Labute approximate surface area is 171 Å².